The molecule has 2 aromatic carbocycles. The lowest BCUT2D eigenvalue weighted by atomic mass is 10.1. The maximum absolute atomic E-state index is 13.2. The first-order valence-electron chi connectivity index (χ1n) is 10.3. The van der Waals surface area contributed by atoms with E-state index in [1.54, 1.807) is 36.4 Å². The molecule has 8 nitrogen and oxygen atoms in total. The lowest BCUT2D eigenvalue weighted by Gasteiger charge is -2.26. The van der Waals surface area contributed by atoms with E-state index < -0.39 is 23.8 Å². The summed E-state index contributed by atoms with van der Waals surface area (Å²) in [7, 11) is 0. The minimum Gasteiger partial charge on any atom is -0.478 e. The predicted octanol–water partition coefficient (Wildman–Crippen LogP) is 4.53. The van der Waals surface area contributed by atoms with Crippen LogP contribution in [-0.2, 0) is 9.59 Å². The summed E-state index contributed by atoms with van der Waals surface area (Å²) in [6.45, 7) is 5.53. The molecule has 34 heavy (non-hydrogen) atoms. The molecule has 3 aromatic rings. The standard InChI is InChI=1S/C25H20BrN3O5/c1-13-9-16(24(32)33)7-8-21(13)28-14(2)10-17(15(28)3)11-20-22(30)27-25(34)29(23(20)31)19-6-4-5-18(26)12-19/h4-12H,1-3H3,(H,32,33)(H,27,30,34)/b20-11+. The second-order valence-corrected chi connectivity index (χ2v) is 8.82. The van der Waals surface area contributed by atoms with Gasteiger partial charge in [-0.05, 0) is 80.4 Å². The summed E-state index contributed by atoms with van der Waals surface area (Å²) in [5, 5.41) is 11.5. The summed E-state index contributed by atoms with van der Waals surface area (Å²) in [5.41, 5.74) is 4.11. The fourth-order valence-corrected chi connectivity index (χ4v) is 4.39. The number of nitrogens with one attached hydrogen (secondary N) is 1. The predicted molar refractivity (Wildman–Crippen MR) is 130 cm³/mol. The molecule has 0 bridgehead atoms. The number of carbonyl (C=O) groups is 4. The average molecular weight is 522 g/mol. The number of barbiturate groups is 1. The Morgan fingerprint density at radius 3 is 2.41 bits per heavy atom. The summed E-state index contributed by atoms with van der Waals surface area (Å²) in [6.07, 6.45) is 1.47. The third-order valence-electron chi connectivity index (χ3n) is 5.62. The number of carboxylic acid groups (broad SMARTS) is 1. The minimum absolute atomic E-state index is 0.169. The van der Waals surface area contributed by atoms with Gasteiger partial charge in [0.1, 0.15) is 5.57 Å². The van der Waals surface area contributed by atoms with Crippen LogP contribution in [0.3, 0.4) is 0 Å². The van der Waals surface area contributed by atoms with Crippen LogP contribution in [0.1, 0.15) is 32.9 Å². The molecule has 1 fully saturated rings. The molecule has 9 heteroatoms. The highest BCUT2D eigenvalue weighted by molar-refractivity contribution is 9.10. The lowest BCUT2D eigenvalue weighted by Crippen LogP contribution is -2.54. The van der Waals surface area contributed by atoms with Gasteiger partial charge >= 0.3 is 12.0 Å². The summed E-state index contributed by atoms with van der Waals surface area (Å²) >= 11 is 3.32. The van der Waals surface area contributed by atoms with Crippen LogP contribution in [-0.4, -0.2) is 33.5 Å². The Kier molecular flexibility index (Phi) is 5.97. The third-order valence-corrected chi connectivity index (χ3v) is 6.12. The third kappa shape index (κ3) is 4.06. The van der Waals surface area contributed by atoms with Crippen LogP contribution in [0.5, 0.6) is 0 Å². The number of benzene rings is 2. The maximum atomic E-state index is 13.2. The zero-order chi connectivity index (χ0) is 24.7. The number of aromatic nitrogens is 1. The van der Waals surface area contributed by atoms with Gasteiger partial charge in [0.15, 0.2) is 0 Å². The molecule has 0 aliphatic carbocycles. The molecule has 172 valence electrons. The molecule has 0 saturated carbocycles. The van der Waals surface area contributed by atoms with Gasteiger partial charge in [-0.2, -0.15) is 0 Å². The van der Waals surface area contributed by atoms with Gasteiger partial charge in [0.05, 0.1) is 11.3 Å². The number of rotatable bonds is 4. The van der Waals surface area contributed by atoms with Crippen LogP contribution in [0.2, 0.25) is 0 Å². The van der Waals surface area contributed by atoms with Crippen LogP contribution in [0, 0.1) is 20.8 Å². The van der Waals surface area contributed by atoms with Crippen LogP contribution in [0.4, 0.5) is 10.5 Å². The van der Waals surface area contributed by atoms with Crippen molar-refractivity contribution in [2.45, 2.75) is 20.8 Å². The number of halogens is 1. The van der Waals surface area contributed by atoms with Gasteiger partial charge < -0.3 is 9.67 Å². The van der Waals surface area contributed by atoms with Crippen LogP contribution in [0.25, 0.3) is 11.8 Å². The monoisotopic (exact) mass is 521 g/mol. The SMILES string of the molecule is Cc1cc(C(=O)O)ccc1-n1c(C)cc(/C=C2\C(=O)NC(=O)N(c3cccc(Br)c3)C2=O)c1C. The first-order valence-corrected chi connectivity index (χ1v) is 11.1. The van der Waals surface area contributed by atoms with Gasteiger partial charge in [-0.3, -0.25) is 14.9 Å². The Labute approximate surface area is 203 Å². The largest absolute Gasteiger partial charge is 0.478 e. The highest BCUT2D eigenvalue weighted by atomic mass is 79.9. The van der Waals surface area contributed by atoms with Crippen molar-refractivity contribution in [2.75, 3.05) is 4.90 Å². The number of hydrogen-bond acceptors (Lipinski definition) is 4. The Hall–Kier alpha value is -3.98. The van der Waals surface area contributed by atoms with E-state index in [2.05, 4.69) is 21.2 Å². The normalized spacial score (nSPS) is 15.1. The average Bonchev–Trinajstić information content (AvgIpc) is 3.04. The zero-order valence-corrected chi connectivity index (χ0v) is 20.1. The molecular weight excluding hydrogens is 502 g/mol. The second kappa shape index (κ2) is 8.75. The number of hydrogen-bond donors (Lipinski definition) is 2. The van der Waals surface area contributed by atoms with Gasteiger partial charge in [-0.15, -0.1) is 0 Å². The van der Waals surface area contributed by atoms with E-state index in [1.165, 1.54) is 12.1 Å². The topological polar surface area (TPSA) is 109 Å². The van der Waals surface area contributed by atoms with Gasteiger partial charge in [0.25, 0.3) is 11.8 Å². The fourth-order valence-electron chi connectivity index (χ4n) is 4.01. The summed E-state index contributed by atoms with van der Waals surface area (Å²) < 4.78 is 2.61. The van der Waals surface area contributed by atoms with Gasteiger partial charge in [-0.25, -0.2) is 14.5 Å². The molecule has 1 aliphatic rings. The molecule has 1 saturated heterocycles. The van der Waals surface area contributed by atoms with Crippen molar-refractivity contribution in [1.29, 1.82) is 0 Å². The molecule has 4 rings (SSSR count). The van der Waals surface area contributed by atoms with Crippen molar-refractivity contribution < 1.29 is 24.3 Å². The number of carboxylic acids is 1. The first kappa shape index (κ1) is 23.2. The second-order valence-electron chi connectivity index (χ2n) is 7.91. The van der Waals surface area contributed by atoms with Crippen molar-refractivity contribution in [3.63, 3.8) is 0 Å². The highest BCUT2D eigenvalue weighted by Gasteiger charge is 2.37. The lowest BCUT2D eigenvalue weighted by molar-refractivity contribution is -0.122. The molecule has 0 atom stereocenters. The van der Waals surface area contributed by atoms with Crippen molar-refractivity contribution in [3.05, 3.63) is 86.7 Å². The summed E-state index contributed by atoms with van der Waals surface area (Å²) in [6, 6.07) is 12.5. The molecule has 2 heterocycles. The number of carbonyl (C=O) groups excluding carboxylic acids is 3. The number of imide groups is 2. The van der Waals surface area contributed by atoms with E-state index in [-0.39, 0.29) is 11.1 Å². The van der Waals surface area contributed by atoms with E-state index >= 15 is 0 Å². The molecular formula is C25H20BrN3O5. The smallest absolute Gasteiger partial charge is 0.335 e. The van der Waals surface area contributed by atoms with Crippen LogP contribution in [0.15, 0.2) is 58.6 Å². The molecule has 0 spiro atoms. The number of nitrogens with zero attached hydrogens (tertiary/aromatic N) is 2. The van der Waals surface area contributed by atoms with Gasteiger partial charge in [0.2, 0.25) is 0 Å². The number of aryl methyl sites for hydroxylation is 2. The van der Waals surface area contributed by atoms with Crippen molar-refractivity contribution in [1.82, 2.24) is 9.88 Å². The Morgan fingerprint density at radius 2 is 1.76 bits per heavy atom. The van der Waals surface area contributed by atoms with Gasteiger partial charge in [-0.1, -0.05) is 22.0 Å². The van der Waals surface area contributed by atoms with E-state index in [4.69, 9.17) is 0 Å². The Morgan fingerprint density at radius 1 is 1.03 bits per heavy atom. The van der Waals surface area contributed by atoms with E-state index in [0.717, 1.165) is 27.5 Å². The van der Waals surface area contributed by atoms with Crippen LogP contribution >= 0.6 is 15.9 Å². The molecule has 0 unspecified atom stereocenters. The summed E-state index contributed by atoms with van der Waals surface area (Å²) in [4.78, 5) is 50.4. The van der Waals surface area contributed by atoms with Crippen LogP contribution < -0.4 is 10.2 Å². The van der Waals surface area contributed by atoms with E-state index in [9.17, 15) is 24.3 Å². The molecule has 4 amide bonds. The molecule has 2 N–H and O–H groups in total. The number of aromatic carboxylic acids is 1. The number of urea groups is 1. The Bertz CT molecular complexity index is 1420. The molecule has 1 aromatic heterocycles. The fraction of sp³-hybridized carbons (Fsp3) is 0.120. The quantitative estimate of drug-likeness (QED) is 0.387. The Balaban J connectivity index is 1.77. The van der Waals surface area contributed by atoms with Gasteiger partial charge in [0, 0.05) is 21.5 Å². The molecule has 0 radical (unpaired) electrons. The number of anilines is 1. The van der Waals surface area contributed by atoms with E-state index in [1.807, 2.05) is 31.4 Å². The highest BCUT2D eigenvalue weighted by Crippen LogP contribution is 2.28. The summed E-state index contributed by atoms with van der Waals surface area (Å²) in [5.74, 6) is -2.50. The van der Waals surface area contributed by atoms with Crippen molar-refractivity contribution >= 4 is 51.5 Å². The maximum Gasteiger partial charge on any atom is 0.335 e. The number of amides is 4. The van der Waals surface area contributed by atoms with Crippen molar-refractivity contribution in [2.24, 2.45) is 0 Å². The van der Waals surface area contributed by atoms with E-state index in [0.29, 0.717) is 15.7 Å². The first-order chi connectivity index (χ1) is 16.1. The van der Waals surface area contributed by atoms with Crippen molar-refractivity contribution in [3.8, 4) is 5.69 Å². The molecule has 1 aliphatic heterocycles. The zero-order valence-electron chi connectivity index (χ0n) is 18.5. The minimum atomic E-state index is -1.01.